The number of nitrogens with one attached hydrogen (secondary N) is 1. The minimum atomic E-state index is -4.13. The van der Waals surface area contributed by atoms with E-state index in [4.69, 9.17) is 11.6 Å². The predicted molar refractivity (Wildman–Crippen MR) is 163 cm³/mol. The minimum absolute atomic E-state index is 0.0567. The van der Waals surface area contributed by atoms with Crippen LogP contribution >= 0.6 is 11.6 Å². The highest BCUT2D eigenvalue weighted by Gasteiger charge is 2.34. The Labute approximate surface area is 248 Å². The lowest BCUT2D eigenvalue weighted by atomic mass is 9.95. The Morgan fingerprint density at radius 2 is 1.59 bits per heavy atom. The fourth-order valence-corrected chi connectivity index (χ4v) is 6.83. The molecule has 9 heteroatoms. The first-order valence-electron chi connectivity index (χ1n) is 14.2. The lowest BCUT2D eigenvalue weighted by Crippen LogP contribution is -2.54. The highest BCUT2D eigenvalue weighted by molar-refractivity contribution is 7.92. The Balaban J connectivity index is 1.70. The van der Waals surface area contributed by atoms with Crippen molar-refractivity contribution < 1.29 is 18.0 Å². The molecule has 0 aliphatic heterocycles. The van der Waals surface area contributed by atoms with Gasteiger partial charge in [-0.05, 0) is 61.6 Å². The number of amides is 2. The van der Waals surface area contributed by atoms with Gasteiger partial charge in [-0.2, -0.15) is 0 Å². The molecule has 1 aliphatic rings. The molecule has 0 radical (unpaired) electrons. The van der Waals surface area contributed by atoms with Crippen LogP contribution in [0.2, 0.25) is 5.02 Å². The van der Waals surface area contributed by atoms with Crippen LogP contribution in [0.3, 0.4) is 0 Å². The highest BCUT2D eigenvalue weighted by atomic mass is 35.5. The van der Waals surface area contributed by atoms with Crippen LogP contribution in [-0.2, 0) is 26.2 Å². The molecule has 7 nitrogen and oxygen atoms in total. The molecule has 0 spiro atoms. The molecule has 3 aromatic carbocycles. The maximum atomic E-state index is 14.2. The fraction of sp³-hybridized carbons (Fsp3) is 0.375. The zero-order chi connectivity index (χ0) is 29.4. The average Bonchev–Trinajstić information content (AvgIpc) is 2.98. The van der Waals surface area contributed by atoms with Crippen molar-refractivity contribution >= 4 is 39.1 Å². The van der Waals surface area contributed by atoms with Gasteiger partial charge in [-0.25, -0.2) is 8.42 Å². The van der Waals surface area contributed by atoms with Gasteiger partial charge in [0.05, 0.1) is 10.6 Å². The summed E-state index contributed by atoms with van der Waals surface area (Å²) >= 11 is 6.40. The second kappa shape index (κ2) is 14.0. The topological polar surface area (TPSA) is 86.8 Å². The molecule has 2 amide bonds. The average molecular weight is 596 g/mol. The third kappa shape index (κ3) is 7.68. The normalized spacial score (nSPS) is 14.7. The van der Waals surface area contributed by atoms with E-state index in [1.54, 1.807) is 36.4 Å². The smallest absolute Gasteiger partial charge is 0.264 e. The molecule has 1 fully saturated rings. The maximum Gasteiger partial charge on any atom is 0.264 e. The maximum absolute atomic E-state index is 14.2. The molecule has 3 aromatic rings. The zero-order valence-electron chi connectivity index (χ0n) is 23.6. The fourth-order valence-electron chi connectivity index (χ4n) is 5.23. The quantitative estimate of drug-likeness (QED) is 0.290. The first-order valence-corrected chi connectivity index (χ1v) is 16.0. The summed E-state index contributed by atoms with van der Waals surface area (Å²) in [6.45, 7) is 3.38. The summed E-state index contributed by atoms with van der Waals surface area (Å²) in [6.07, 6.45) is 5.54. The van der Waals surface area contributed by atoms with Crippen molar-refractivity contribution in [3.63, 3.8) is 0 Å². The van der Waals surface area contributed by atoms with Crippen molar-refractivity contribution in [2.45, 2.75) is 75.9 Å². The SMILES string of the molecule is CC[C@H](C(=O)NC1CCCCC1)N(Cc1ccccc1)C(=O)CN(c1ccc(C)c(Cl)c1)S(=O)(=O)c1ccccc1. The molecule has 1 atom stereocenters. The van der Waals surface area contributed by atoms with Crippen molar-refractivity contribution in [1.29, 1.82) is 0 Å². The molecule has 218 valence electrons. The van der Waals surface area contributed by atoms with Crippen LogP contribution in [0, 0.1) is 6.92 Å². The minimum Gasteiger partial charge on any atom is -0.352 e. The number of nitrogens with zero attached hydrogens (tertiary/aromatic N) is 2. The first kappa shape index (κ1) is 30.6. The van der Waals surface area contributed by atoms with Crippen LogP contribution in [-0.4, -0.2) is 43.8 Å². The van der Waals surface area contributed by atoms with Gasteiger partial charge in [-0.3, -0.25) is 13.9 Å². The summed E-state index contributed by atoms with van der Waals surface area (Å²) in [7, 11) is -4.13. The molecule has 1 aliphatic carbocycles. The van der Waals surface area contributed by atoms with Crippen molar-refractivity contribution in [2.75, 3.05) is 10.8 Å². The second-order valence-electron chi connectivity index (χ2n) is 10.5. The zero-order valence-corrected chi connectivity index (χ0v) is 25.2. The number of hydrogen-bond donors (Lipinski definition) is 1. The molecule has 4 rings (SSSR count). The molecular weight excluding hydrogens is 558 g/mol. The molecule has 0 saturated heterocycles. The summed E-state index contributed by atoms with van der Waals surface area (Å²) in [5.41, 5.74) is 1.91. The predicted octanol–water partition coefficient (Wildman–Crippen LogP) is 6.10. The van der Waals surface area contributed by atoms with E-state index in [9.17, 15) is 18.0 Å². The Morgan fingerprint density at radius 3 is 2.20 bits per heavy atom. The van der Waals surface area contributed by atoms with E-state index in [-0.39, 0.29) is 29.1 Å². The van der Waals surface area contributed by atoms with E-state index in [0.29, 0.717) is 11.4 Å². The van der Waals surface area contributed by atoms with E-state index in [1.165, 1.54) is 17.0 Å². The van der Waals surface area contributed by atoms with Crippen molar-refractivity contribution in [1.82, 2.24) is 10.2 Å². The van der Waals surface area contributed by atoms with Gasteiger partial charge in [-0.15, -0.1) is 0 Å². The Morgan fingerprint density at radius 1 is 0.951 bits per heavy atom. The Kier molecular flexibility index (Phi) is 10.5. The third-order valence-corrected chi connectivity index (χ3v) is 9.78. The van der Waals surface area contributed by atoms with Crippen LogP contribution in [0.15, 0.2) is 83.8 Å². The van der Waals surface area contributed by atoms with E-state index in [0.717, 1.165) is 47.5 Å². The number of carbonyl (C=O) groups is 2. The van der Waals surface area contributed by atoms with Crippen LogP contribution in [0.25, 0.3) is 0 Å². The lowest BCUT2D eigenvalue weighted by Gasteiger charge is -2.34. The summed E-state index contributed by atoms with van der Waals surface area (Å²) in [4.78, 5) is 29.3. The Hall–Kier alpha value is -3.36. The summed E-state index contributed by atoms with van der Waals surface area (Å²) < 4.78 is 28.9. The number of carbonyl (C=O) groups excluding carboxylic acids is 2. The third-order valence-electron chi connectivity index (χ3n) is 7.59. The van der Waals surface area contributed by atoms with Crippen molar-refractivity contribution in [3.8, 4) is 0 Å². The summed E-state index contributed by atoms with van der Waals surface area (Å²) in [5, 5.41) is 3.56. The number of hydrogen-bond acceptors (Lipinski definition) is 4. The van der Waals surface area contributed by atoms with Crippen molar-refractivity contribution in [2.24, 2.45) is 0 Å². The van der Waals surface area contributed by atoms with E-state index >= 15 is 0 Å². The van der Waals surface area contributed by atoms with Gasteiger partial charge in [0.1, 0.15) is 12.6 Å². The molecule has 0 bridgehead atoms. The first-order chi connectivity index (χ1) is 19.7. The lowest BCUT2D eigenvalue weighted by molar-refractivity contribution is -0.140. The van der Waals surface area contributed by atoms with Crippen LogP contribution in [0.4, 0.5) is 5.69 Å². The standard InChI is InChI=1S/C32H38ClN3O4S/c1-3-30(32(38)34-26-15-9-5-10-16-26)35(22-25-13-7-4-8-14-25)31(37)23-36(27-20-19-24(2)29(33)21-27)41(39,40)28-17-11-6-12-18-28/h4,6-8,11-14,17-21,26,30H,3,5,9-10,15-16,22-23H2,1-2H3,(H,34,38)/t30-/m1/s1. The van der Waals surface area contributed by atoms with Gasteiger partial charge >= 0.3 is 0 Å². The van der Waals surface area contributed by atoms with Crippen LogP contribution < -0.4 is 9.62 Å². The molecule has 0 unspecified atom stereocenters. The van der Waals surface area contributed by atoms with E-state index in [1.807, 2.05) is 44.2 Å². The largest absolute Gasteiger partial charge is 0.352 e. The molecule has 41 heavy (non-hydrogen) atoms. The number of aryl methyl sites for hydroxylation is 1. The monoisotopic (exact) mass is 595 g/mol. The number of sulfonamides is 1. The number of rotatable bonds is 11. The summed E-state index contributed by atoms with van der Waals surface area (Å²) in [5.74, 6) is -0.685. The van der Waals surface area contributed by atoms with Gasteiger partial charge in [0.2, 0.25) is 11.8 Å². The van der Waals surface area contributed by atoms with Gasteiger partial charge in [-0.1, -0.05) is 92.4 Å². The molecular formula is C32H38ClN3O4S. The van der Waals surface area contributed by atoms with Crippen LogP contribution in [0.5, 0.6) is 0 Å². The van der Waals surface area contributed by atoms with Gasteiger partial charge < -0.3 is 10.2 Å². The van der Waals surface area contributed by atoms with Crippen molar-refractivity contribution in [3.05, 3.63) is 95.0 Å². The number of anilines is 1. The van der Waals surface area contributed by atoms with Gasteiger partial charge in [0, 0.05) is 17.6 Å². The number of benzene rings is 3. The van der Waals surface area contributed by atoms with Gasteiger partial charge in [0.15, 0.2) is 0 Å². The molecule has 0 heterocycles. The number of halogens is 1. The summed E-state index contributed by atoms with van der Waals surface area (Å²) in [6, 6.07) is 21.7. The molecule has 1 saturated carbocycles. The van der Waals surface area contributed by atoms with Gasteiger partial charge in [0.25, 0.3) is 10.0 Å². The van der Waals surface area contributed by atoms with E-state index < -0.39 is 28.5 Å². The molecule has 0 aromatic heterocycles. The second-order valence-corrected chi connectivity index (χ2v) is 12.8. The molecule has 1 N–H and O–H groups in total. The van der Waals surface area contributed by atoms with Crippen LogP contribution in [0.1, 0.15) is 56.6 Å². The van der Waals surface area contributed by atoms with E-state index in [2.05, 4.69) is 5.32 Å². The Bertz CT molecular complexity index is 1430. The highest BCUT2D eigenvalue weighted by Crippen LogP contribution is 2.29.